The number of hydrogen-bond donors (Lipinski definition) is 2. The number of methoxy groups -OCH3 is 1. The number of benzene rings is 3. The summed E-state index contributed by atoms with van der Waals surface area (Å²) in [6.45, 7) is 0.271. The van der Waals surface area contributed by atoms with Crippen LogP contribution < -0.4 is 0 Å². The summed E-state index contributed by atoms with van der Waals surface area (Å²) >= 11 is 0. The second kappa shape index (κ2) is 11.0. The molecule has 2 atom stereocenters. The molecular formula is C29H28O6. The topological polar surface area (TPSA) is 85.2 Å². The summed E-state index contributed by atoms with van der Waals surface area (Å²) in [5.41, 5.74) is 2.63. The van der Waals surface area contributed by atoms with Gasteiger partial charge in [-0.05, 0) is 29.2 Å². The zero-order valence-corrected chi connectivity index (χ0v) is 19.5. The van der Waals surface area contributed by atoms with Crippen LogP contribution in [0.2, 0.25) is 0 Å². The van der Waals surface area contributed by atoms with Crippen LogP contribution >= 0.6 is 0 Å². The normalized spacial score (nSPS) is 19.8. The van der Waals surface area contributed by atoms with Crippen molar-refractivity contribution in [3.63, 3.8) is 0 Å². The second-order valence-electron chi connectivity index (χ2n) is 8.28. The number of carbonyl (C=O) groups is 1. The van der Waals surface area contributed by atoms with E-state index < -0.39 is 17.7 Å². The van der Waals surface area contributed by atoms with Crippen molar-refractivity contribution in [1.82, 2.24) is 0 Å². The maximum Gasteiger partial charge on any atom is 0.332 e. The number of rotatable bonds is 10. The third-order valence-corrected chi connectivity index (χ3v) is 6.03. The Morgan fingerprint density at radius 3 is 1.86 bits per heavy atom. The Hall–Kier alpha value is -3.87. The number of allylic oxidation sites excluding steroid dienone is 1. The molecule has 3 aromatic rings. The first kappa shape index (κ1) is 24.3. The molecular weight excluding hydrogens is 444 g/mol. The fraction of sp³-hybridized carbons (Fsp3) is 0.207. The predicted octanol–water partition coefficient (Wildman–Crippen LogP) is 5.42. The highest BCUT2D eigenvalue weighted by atomic mass is 16.7. The van der Waals surface area contributed by atoms with Crippen LogP contribution in [0.5, 0.6) is 0 Å². The lowest BCUT2D eigenvalue weighted by Crippen LogP contribution is -2.50. The van der Waals surface area contributed by atoms with E-state index in [2.05, 4.69) is 0 Å². The quantitative estimate of drug-likeness (QED) is 0.384. The number of carboxylic acid groups (broad SMARTS) is 1. The molecule has 180 valence electrons. The van der Waals surface area contributed by atoms with Gasteiger partial charge in [0.1, 0.15) is 6.61 Å². The molecule has 0 aromatic heterocycles. The van der Waals surface area contributed by atoms with E-state index in [1.165, 1.54) is 13.2 Å². The van der Waals surface area contributed by atoms with Crippen molar-refractivity contribution in [1.29, 1.82) is 0 Å². The lowest BCUT2D eigenvalue weighted by molar-refractivity contribution is -0.253. The van der Waals surface area contributed by atoms with Crippen molar-refractivity contribution in [3.05, 3.63) is 131 Å². The zero-order valence-electron chi connectivity index (χ0n) is 19.5. The highest BCUT2D eigenvalue weighted by molar-refractivity contribution is 5.88. The molecule has 1 aliphatic carbocycles. The van der Waals surface area contributed by atoms with Gasteiger partial charge >= 0.3 is 5.97 Å². The molecule has 0 heterocycles. The number of carboxylic acids is 1. The molecule has 6 heteroatoms. The Labute approximate surface area is 204 Å². The van der Waals surface area contributed by atoms with Gasteiger partial charge in [0.05, 0.1) is 18.1 Å². The summed E-state index contributed by atoms with van der Waals surface area (Å²) in [7, 11) is 1.44. The molecule has 2 N–H and O–H groups in total. The first-order valence-corrected chi connectivity index (χ1v) is 11.4. The minimum atomic E-state index is -1.67. The Morgan fingerprint density at radius 2 is 1.34 bits per heavy atom. The molecule has 6 nitrogen and oxygen atoms in total. The van der Waals surface area contributed by atoms with Gasteiger partial charge in [-0.1, -0.05) is 91.0 Å². The lowest BCUT2D eigenvalue weighted by Gasteiger charge is -2.42. The van der Waals surface area contributed by atoms with Crippen LogP contribution in [-0.4, -0.2) is 29.1 Å². The number of aliphatic hydroxyl groups is 1. The molecule has 0 amide bonds. The van der Waals surface area contributed by atoms with E-state index in [0.717, 1.165) is 16.7 Å². The molecule has 4 rings (SSSR count). The van der Waals surface area contributed by atoms with Crippen molar-refractivity contribution in [2.75, 3.05) is 7.11 Å². The van der Waals surface area contributed by atoms with Crippen LogP contribution in [0.3, 0.4) is 0 Å². The summed E-state index contributed by atoms with van der Waals surface area (Å²) in [6, 6.07) is 28.5. The molecule has 0 bridgehead atoms. The molecule has 1 aliphatic rings. The van der Waals surface area contributed by atoms with Gasteiger partial charge in [-0.2, -0.15) is 0 Å². The van der Waals surface area contributed by atoms with Crippen LogP contribution in [0.1, 0.15) is 16.7 Å². The van der Waals surface area contributed by atoms with Gasteiger partial charge in [-0.15, -0.1) is 0 Å². The Kier molecular flexibility index (Phi) is 7.65. The smallest absolute Gasteiger partial charge is 0.332 e. The van der Waals surface area contributed by atoms with E-state index in [0.29, 0.717) is 6.42 Å². The van der Waals surface area contributed by atoms with Gasteiger partial charge in [-0.3, -0.25) is 0 Å². The van der Waals surface area contributed by atoms with Crippen molar-refractivity contribution in [2.45, 2.75) is 25.4 Å². The zero-order chi connectivity index (χ0) is 24.7. The fourth-order valence-electron chi connectivity index (χ4n) is 4.29. The molecule has 0 spiro atoms. The van der Waals surface area contributed by atoms with Crippen molar-refractivity contribution < 1.29 is 29.2 Å². The molecule has 0 aliphatic heterocycles. The average Bonchev–Trinajstić information content (AvgIpc) is 2.89. The summed E-state index contributed by atoms with van der Waals surface area (Å²) in [5, 5.41) is 21.0. The number of hydrogen-bond acceptors (Lipinski definition) is 5. The van der Waals surface area contributed by atoms with Crippen LogP contribution in [0.15, 0.2) is 114 Å². The SMILES string of the molecule is COC1(OCc2ccccc2)C(OCc2ccccc2)=C(O)C=C(C(=O)O)C1Cc1ccccc1. The fourth-order valence-corrected chi connectivity index (χ4v) is 4.29. The average molecular weight is 473 g/mol. The maximum atomic E-state index is 12.3. The van der Waals surface area contributed by atoms with Gasteiger partial charge in [0, 0.05) is 7.11 Å². The van der Waals surface area contributed by atoms with Crippen LogP contribution in [0.4, 0.5) is 0 Å². The van der Waals surface area contributed by atoms with E-state index in [1.54, 1.807) is 0 Å². The Balaban J connectivity index is 1.77. The molecule has 3 aromatic carbocycles. The van der Waals surface area contributed by atoms with Crippen LogP contribution in [0.25, 0.3) is 0 Å². The lowest BCUT2D eigenvalue weighted by atomic mass is 9.79. The Bertz CT molecular complexity index is 1190. The number of aliphatic carboxylic acids is 1. The van der Waals surface area contributed by atoms with E-state index in [4.69, 9.17) is 14.2 Å². The van der Waals surface area contributed by atoms with Crippen LogP contribution in [-0.2, 0) is 38.6 Å². The Morgan fingerprint density at radius 1 is 0.829 bits per heavy atom. The van der Waals surface area contributed by atoms with Gasteiger partial charge < -0.3 is 24.4 Å². The largest absolute Gasteiger partial charge is 0.504 e. The monoisotopic (exact) mass is 472 g/mol. The minimum absolute atomic E-state index is 0.0201. The standard InChI is InChI=1S/C29H28O6/c1-33-29(35-20-23-15-9-4-10-16-23)25(17-21-11-5-2-6-12-21)24(28(31)32)18-26(30)27(29)34-19-22-13-7-3-8-14-22/h2-16,18,25,30H,17,19-20H2,1H3,(H,31,32). The first-order valence-electron chi connectivity index (χ1n) is 11.4. The van der Waals surface area contributed by atoms with E-state index >= 15 is 0 Å². The molecule has 0 saturated carbocycles. The highest BCUT2D eigenvalue weighted by Gasteiger charge is 2.53. The van der Waals surface area contributed by atoms with E-state index in [1.807, 2.05) is 91.0 Å². The molecule has 0 fully saturated rings. The molecule has 0 radical (unpaired) electrons. The number of ether oxygens (including phenoxy) is 3. The summed E-state index contributed by atoms with van der Waals surface area (Å²) in [5.74, 6) is -3.92. The van der Waals surface area contributed by atoms with Crippen molar-refractivity contribution in [3.8, 4) is 0 Å². The highest BCUT2D eigenvalue weighted by Crippen LogP contribution is 2.44. The van der Waals surface area contributed by atoms with Crippen LogP contribution in [0, 0.1) is 5.92 Å². The van der Waals surface area contributed by atoms with E-state index in [-0.39, 0.29) is 30.3 Å². The molecule has 0 saturated heterocycles. The van der Waals surface area contributed by atoms with E-state index in [9.17, 15) is 15.0 Å². The second-order valence-corrected chi connectivity index (χ2v) is 8.28. The summed E-state index contributed by atoms with van der Waals surface area (Å²) < 4.78 is 18.5. The van der Waals surface area contributed by atoms with Gasteiger partial charge in [-0.25, -0.2) is 4.79 Å². The minimum Gasteiger partial charge on any atom is -0.504 e. The molecule has 35 heavy (non-hydrogen) atoms. The summed E-state index contributed by atoms with van der Waals surface area (Å²) in [6.07, 6.45) is 1.53. The third kappa shape index (κ3) is 5.45. The van der Waals surface area contributed by atoms with Crippen molar-refractivity contribution in [2.24, 2.45) is 5.92 Å². The first-order chi connectivity index (χ1) is 17.0. The summed E-state index contributed by atoms with van der Waals surface area (Å²) in [4.78, 5) is 12.3. The predicted molar refractivity (Wildman–Crippen MR) is 131 cm³/mol. The van der Waals surface area contributed by atoms with Gasteiger partial charge in [0.2, 0.25) is 5.79 Å². The van der Waals surface area contributed by atoms with Crippen molar-refractivity contribution >= 4 is 5.97 Å². The van der Waals surface area contributed by atoms with Gasteiger partial charge in [0.15, 0.2) is 11.5 Å². The molecule has 2 unspecified atom stereocenters. The van der Waals surface area contributed by atoms with Gasteiger partial charge in [0.25, 0.3) is 0 Å². The number of aliphatic hydroxyl groups excluding tert-OH is 1. The maximum absolute atomic E-state index is 12.3. The third-order valence-electron chi connectivity index (χ3n) is 6.03.